The molecule has 0 aliphatic carbocycles. The van der Waals surface area contributed by atoms with Crippen LogP contribution in [0.5, 0.6) is 0 Å². The van der Waals surface area contributed by atoms with Gasteiger partial charge in [-0.15, -0.1) is 0 Å². The fourth-order valence-corrected chi connectivity index (χ4v) is 3.57. The van der Waals surface area contributed by atoms with Gasteiger partial charge in [-0.25, -0.2) is 4.68 Å². The molecule has 0 aliphatic rings. The minimum atomic E-state index is 0.427. The lowest BCUT2D eigenvalue weighted by Gasteiger charge is -2.24. The Morgan fingerprint density at radius 2 is 2.04 bits per heavy atom. The maximum atomic E-state index is 6.48. The van der Waals surface area contributed by atoms with Gasteiger partial charge in [-0.2, -0.15) is 16.9 Å². The number of thioether (sulfide) groups is 1. The molecule has 0 atom stereocenters. The summed E-state index contributed by atoms with van der Waals surface area (Å²) in [5.74, 6) is 0.971. The molecule has 2 heterocycles. The first kappa shape index (κ1) is 18.9. The second-order valence-electron chi connectivity index (χ2n) is 5.67. The second-order valence-corrected chi connectivity index (χ2v) is 7.48. The number of rotatable bonds is 7. The molecule has 0 spiro atoms. The summed E-state index contributed by atoms with van der Waals surface area (Å²) in [6.45, 7) is 0.659. The Kier molecular flexibility index (Phi) is 6.66. The van der Waals surface area contributed by atoms with E-state index >= 15 is 0 Å². The fraction of sp³-hybridized carbons (Fsp3) is 0.211. The van der Waals surface area contributed by atoms with E-state index in [1.807, 2.05) is 36.5 Å². The topological polar surface area (TPSA) is 34.0 Å². The summed E-state index contributed by atoms with van der Waals surface area (Å²) >= 11 is 14.0. The van der Waals surface area contributed by atoms with E-state index in [9.17, 15) is 0 Å². The van der Waals surface area contributed by atoms with E-state index in [1.165, 1.54) is 5.56 Å². The van der Waals surface area contributed by atoms with Gasteiger partial charge in [-0.3, -0.25) is 4.98 Å². The van der Waals surface area contributed by atoms with Gasteiger partial charge in [-0.05, 0) is 29.7 Å². The van der Waals surface area contributed by atoms with Gasteiger partial charge in [0.2, 0.25) is 0 Å². The smallest absolute Gasteiger partial charge is 0.175 e. The largest absolute Gasteiger partial charge is 0.328 e. The van der Waals surface area contributed by atoms with E-state index in [0.717, 1.165) is 28.5 Å². The van der Waals surface area contributed by atoms with E-state index in [2.05, 4.69) is 33.4 Å². The second kappa shape index (κ2) is 9.16. The van der Waals surface area contributed by atoms with Crippen molar-refractivity contribution in [3.05, 3.63) is 71.8 Å². The zero-order chi connectivity index (χ0) is 18.4. The Bertz CT molecular complexity index is 852. The Labute approximate surface area is 168 Å². The van der Waals surface area contributed by atoms with Crippen LogP contribution in [0.25, 0.3) is 5.69 Å². The first-order valence-corrected chi connectivity index (χ1v) is 10.4. The predicted octanol–water partition coefficient (Wildman–Crippen LogP) is 5.01. The van der Waals surface area contributed by atoms with E-state index in [-0.39, 0.29) is 0 Å². The third-order valence-corrected chi connectivity index (χ3v) is 5.16. The zero-order valence-electron chi connectivity index (χ0n) is 14.4. The molecule has 4 nitrogen and oxygen atoms in total. The number of nitrogens with zero attached hydrogens (tertiary/aromatic N) is 4. The van der Waals surface area contributed by atoms with E-state index in [1.54, 1.807) is 28.8 Å². The quantitative estimate of drug-likeness (QED) is 0.519. The molecular weight excluding hydrogens is 384 g/mol. The molecule has 0 radical (unpaired) electrons. The normalized spacial score (nSPS) is 10.7. The van der Waals surface area contributed by atoms with E-state index in [0.29, 0.717) is 11.7 Å². The number of pyridine rings is 1. The maximum Gasteiger partial charge on any atom is 0.175 e. The highest BCUT2D eigenvalue weighted by Crippen LogP contribution is 2.28. The van der Waals surface area contributed by atoms with Crippen molar-refractivity contribution in [2.75, 3.05) is 16.9 Å². The summed E-state index contributed by atoms with van der Waals surface area (Å²) in [4.78, 5) is 7.07. The Balaban J connectivity index is 1.93. The minimum absolute atomic E-state index is 0.427. The molecule has 0 amide bonds. The van der Waals surface area contributed by atoms with Crippen molar-refractivity contribution < 1.29 is 0 Å². The molecule has 0 saturated carbocycles. The molecule has 2 aromatic heterocycles. The van der Waals surface area contributed by atoms with Gasteiger partial charge in [0.05, 0.1) is 23.1 Å². The van der Waals surface area contributed by atoms with Crippen LogP contribution < -0.4 is 4.90 Å². The fourth-order valence-electron chi connectivity index (χ4n) is 2.54. The lowest BCUT2D eigenvalue weighted by Crippen LogP contribution is -2.29. The predicted molar refractivity (Wildman–Crippen MR) is 115 cm³/mol. The van der Waals surface area contributed by atoms with Crippen molar-refractivity contribution in [1.29, 1.82) is 0 Å². The maximum absolute atomic E-state index is 6.48. The monoisotopic (exact) mass is 402 g/mol. The van der Waals surface area contributed by atoms with Crippen LogP contribution in [0.3, 0.4) is 0 Å². The van der Waals surface area contributed by atoms with Gasteiger partial charge < -0.3 is 4.90 Å². The lowest BCUT2D eigenvalue weighted by molar-refractivity contribution is 0.874. The summed E-state index contributed by atoms with van der Waals surface area (Å²) in [5.41, 5.74) is 2.84. The third kappa shape index (κ3) is 4.63. The van der Waals surface area contributed by atoms with Crippen LogP contribution in [0.15, 0.2) is 61.1 Å². The van der Waals surface area contributed by atoms with Crippen molar-refractivity contribution in [1.82, 2.24) is 14.8 Å². The van der Waals surface area contributed by atoms with Crippen molar-refractivity contribution in [2.24, 2.45) is 0 Å². The number of benzene rings is 1. The number of hydrogen-bond donors (Lipinski definition) is 0. The molecule has 0 fully saturated rings. The number of thiocarbonyl (C=S) groups is 1. The van der Waals surface area contributed by atoms with E-state index in [4.69, 9.17) is 23.8 Å². The number of hydrogen-bond acceptors (Lipinski definition) is 4. The van der Waals surface area contributed by atoms with Gasteiger partial charge in [-0.1, -0.05) is 54.2 Å². The van der Waals surface area contributed by atoms with Crippen LogP contribution in [-0.4, -0.2) is 31.8 Å². The van der Waals surface area contributed by atoms with Gasteiger partial charge in [0.1, 0.15) is 5.69 Å². The number of halogens is 1. The summed E-state index contributed by atoms with van der Waals surface area (Å²) in [6, 6.07) is 14.0. The minimum Gasteiger partial charge on any atom is -0.328 e. The Morgan fingerprint density at radius 3 is 2.73 bits per heavy atom. The van der Waals surface area contributed by atoms with Gasteiger partial charge in [0.25, 0.3) is 0 Å². The molecule has 1 aromatic carbocycles. The summed E-state index contributed by atoms with van der Waals surface area (Å²) in [6.07, 6.45) is 8.29. The lowest BCUT2D eigenvalue weighted by atomic mass is 10.2. The molecule has 3 rings (SSSR count). The van der Waals surface area contributed by atoms with E-state index < -0.39 is 0 Å². The van der Waals surface area contributed by atoms with Crippen LogP contribution in [0.2, 0.25) is 5.15 Å². The van der Waals surface area contributed by atoms with Gasteiger partial charge in [0, 0.05) is 19.2 Å². The molecule has 0 unspecified atom stereocenters. The third-order valence-electron chi connectivity index (χ3n) is 3.86. The number of anilines is 1. The molecule has 3 aromatic rings. The standard InChI is InChI=1S/C19H19ClN4S2/c1-26-11-9-18(25)23(13-15-6-3-2-4-7-15)17-14-24(22-19(17)20)16-8-5-10-21-12-16/h2-8,10,12,14H,9,11,13H2,1H3. The molecule has 26 heavy (non-hydrogen) atoms. The van der Waals surface area contributed by atoms with Crippen LogP contribution in [0.4, 0.5) is 5.69 Å². The molecule has 0 bridgehead atoms. The summed E-state index contributed by atoms with van der Waals surface area (Å²) in [7, 11) is 0. The molecular formula is C19H19ClN4S2. The van der Waals surface area contributed by atoms with Crippen molar-refractivity contribution >= 4 is 46.3 Å². The van der Waals surface area contributed by atoms with Crippen molar-refractivity contribution in [3.8, 4) is 5.69 Å². The Morgan fingerprint density at radius 1 is 1.23 bits per heavy atom. The first-order valence-electron chi connectivity index (χ1n) is 8.18. The van der Waals surface area contributed by atoms with Crippen LogP contribution in [0.1, 0.15) is 12.0 Å². The summed E-state index contributed by atoms with van der Waals surface area (Å²) in [5, 5.41) is 4.87. The molecule has 0 saturated heterocycles. The highest BCUT2D eigenvalue weighted by Gasteiger charge is 2.19. The van der Waals surface area contributed by atoms with Gasteiger partial charge in [0.15, 0.2) is 5.15 Å². The van der Waals surface area contributed by atoms with Crippen LogP contribution in [0, 0.1) is 0 Å². The molecule has 7 heteroatoms. The van der Waals surface area contributed by atoms with Crippen LogP contribution >= 0.6 is 35.6 Å². The van der Waals surface area contributed by atoms with Crippen molar-refractivity contribution in [2.45, 2.75) is 13.0 Å². The van der Waals surface area contributed by atoms with Gasteiger partial charge >= 0.3 is 0 Å². The van der Waals surface area contributed by atoms with Crippen LogP contribution in [-0.2, 0) is 6.54 Å². The average molecular weight is 403 g/mol. The first-order chi connectivity index (χ1) is 12.7. The SMILES string of the molecule is CSCCC(=S)N(Cc1ccccc1)c1cn(-c2cccnc2)nc1Cl. The Hall–Kier alpha value is -1.89. The number of aromatic nitrogens is 3. The molecule has 0 aliphatic heterocycles. The highest BCUT2D eigenvalue weighted by molar-refractivity contribution is 7.98. The van der Waals surface area contributed by atoms with Crippen molar-refractivity contribution in [3.63, 3.8) is 0 Å². The molecule has 0 N–H and O–H groups in total. The molecule has 134 valence electrons. The average Bonchev–Trinajstić information content (AvgIpc) is 3.07. The highest BCUT2D eigenvalue weighted by atomic mass is 35.5. The zero-order valence-corrected chi connectivity index (χ0v) is 16.8. The summed E-state index contributed by atoms with van der Waals surface area (Å²) < 4.78 is 1.74.